The monoisotopic (exact) mass is 353 g/mol. The van der Waals surface area contributed by atoms with Crippen LogP contribution >= 0.6 is 0 Å². The predicted molar refractivity (Wildman–Crippen MR) is 86.4 cm³/mol. The average molecular weight is 353 g/mol. The van der Waals surface area contributed by atoms with Gasteiger partial charge in [-0.15, -0.1) is 0 Å². The molecule has 2 aromatic rings. The van der Waals surface area contributed by atoms with Gasteiger partial charge in [-0.05, 0) is 37.3 Å². The first-order valence-electron chi connectivity index (χ1n) is 7.67. The lowest BCUT2D eigenvalue weighted by molar-refractivity contribution is -0.137. The Bertz CT molecular complexity index is 699. The number of carbonyl (C=O) groups is 1. The van der Waals surface area contributed by atoms with Gasteiger partial charge < -0.3 is 14.8 Å². The fourth-order valence-electron chi connectivity index (χ4n) is 2.08. The van der Waals surface area contributed by atoms with E-state index in [9.17, 15) is 18.0 Å². The molecule has 0 atom stereocenters. The highest BCUT2D eigenvalue weighted by Crippen LogP contribution is 2.30. The van der Waals surface area contributed by atoms with Crippen molar-refractivity contribution < 1.29 is 27.4 Å². The number of amides is 1. The molecule has 0 heterocycles. The van der Waals surface area contributed by atoms with Gasteiger partial charge in [0, 0.05) is 12.1 Å². The van der Waals surface area contributed by atoms with E-state index < -0.39 is 11.7 Å². The standard InChI is InChI=1S/C18H18F3NO3/c1-2-24-16-6-4-3-5-13(16)11-22-17(23)12-25-15-9-7-14(8-10-15)18(19,20)21/h3-10H,2,11-12H2,1H3,(H,22,23). The zero-order valence-corrected chi connectivity index (χ0v) is 13.6. The first-order valence-corrected chi connectivity index (χ1v) is 7.67. The van der Waals surface area contributed by atoms with Crippen molar-refractivity contribution in [1.82, 2.24) is 5.32 Å². The van der Waals surface area contributed by atoms with Crippen LogP contribution in [0.1, 0.15) is 18.1 Å². The fourth-order valence-corrected chi connectivity index (χ4v) is 2.08. The Morgan fingerprint density at radius 2 is 1.72 bits per heavy atom. The van der Waals surface area contributed by atoms with Crippen LogP contribution in [0.5, 0.6) is 11.5 Å². The molecule has 0 aliphatic heterocycles. The molecule has 0 aliphatic rings. The van der Waals surface area contributed by atoms with E-state index in [1.807, 2.05) is 31.2 Å². The predicted octanol–water partition coefficient (Wildman–Crippen LogP) is 3.80. The first kappa shape index (κ1) is 18.6. The fraction of sp³-hybridized carbons (Fsp3) is 0.278. The van der Waals surface area contributed by atoms with Crippen molar-refractivity contribution in [2.45, 2.75) is 19.6 Å². The van der Waals surface area contributed by atoms with Crippen molar-refractivity contribution in [1.29, 1.82) is 0 Å². The van der Waals surface area contributed by atoms with Gasteiger partial charge in [0.15, 0.2) is 6.61 Å². The molecule has 0 unspecified atom stereocenters. The maximum atomic E-state index is 12.5. The van der Waals surface area contributed by atoms with Crippen LogP contribution in [0.4, 0.5) is 13.2 Å². The summed E-state index contributed by atoms with van der Waals surface area (Å²) < 4.78 is 48.1. The van der Waals surface area contributed by atoms with Crippen molar-refractivity contribution >= 4 is 5.91 Å². The van der Waals surface area contributed by atoms with Crippen LogP contribution < -0.4 is 14.8 Å². The van der Waals surface area contributed by atoms with Gasteiger partial charge in [-0.3, -0.25) is 4.79 Å². The van der Waals surface area contributed by atoms with Crippen LogP contribution in [0, 0.1) is 0 Å². The van der Waals surface area contributed by atoms with Crippen LogP contribution in [0.25, 0.3) is 0 Å². The second kappa shape index (κ2) is 8.41. The molecule has 2 aromatic carbocycles. The molecule has 0 saturated carbocycles. The molecule has 0 bridgehead atoms. The Morgan fingerprint density at radius 1 is 1.04 bits per heavy atom. The lowest BCUT2D eigenvalue weighted by atomic mass is 10.2. The normalized spacial score (nSPS) is 11.0. The van der Waals surface area contributed by atoms with Crippen molar-refractivity contribution in [3.8, 4) is 11.5 Å². The SMILES string of the molecule is CCOc1ccccc1CNC(=O)COc1ccc(C(F)(F)F)cc1. The van der Waals surface area contributed by atoms with Crippen molar-refractivity contribution in [2.24, 2.45) is 0 Å². The number of hydrogen-bond acceptors (Lipinski definition) is 3. The van der Waals surface area contributed by atoms with Gasteiger partial charge in [-0.1, -0.05) is 18.2 Å². The Hall–Kier alpha value is -2.70. The summed E-state index contributed by atoms with van der Waals surface area (Å²) in [5, 5.41) is 2.68. The summed E-state index contributed by atoms with van der Waals surface area (Å²) in [5.74, 6) is 0.498. The number of benzene rings is 2. The Balaban J connectivity index is 1.83. The van der Waals surface area contributed by atoms with Gasteiger partial charge in [0.05, 0.1) is 12.2 Å². The molecule has 2 rings (SSSR count). The lowest BCUT2D eigenvalue weighted by Crippen LogP contribution is -2.28. The van der Waals surface area contributed by atoms with E-state index >= 15 is 0 Å². The van der Waals surface area contributed by atoms with Gasteiger partial charge >= 0.3 is 6.18 Å². The zero-order chi connectivity index (χ0) is 18.3. The van der Waals surface area contributed by atoms with Crippen LogP contribution in [0.2, 0.25) is 0 Å². The van der Waals surface area contributed by atoms with E-state index in [4.69, 9.17) is 9.47 Å². The highest BCUT2D eigenvalue weighted by molar-refractivity contribution is 5.77. The second-order valence-corrected chi connectivity index (χ2v) is 5.13. The van der Waals surface area contributed by atoms with Gasteiger partial charge in [-0.25, -0.2) is 0 Å². The highest BCUT2D eigenvalue weighted by atomic mass is 19.4. The Labute approximate surface area is 143 Å². The molecular formula is C18H18F3NO3. The van der Waals surface area contributed by atoms with E-state index in [0.29, 0.717) is 12.4 Å². The van der Waals surface area contributed by atoms with Gasteiger partial charge in [0.25, 0.3) is 5.91 Å². The number of ether oxygens (including phenoxy) is 2. The van der Waals surface area contributed by atoms with Crippen molar-refractivity contribution in [3.63, 3.8) is 0 Å². The van der Waals surface area contributed by atoms with Gasteiger partial charge in [0.1, 0.15) is 11.5 Å². The first-order chi connectivity index (χ1) is 11.9. The molecule has 0 fully saturated rings. The van der Waals surface area contributed by atoms with Crippen LogP contribution in [-0.2, 0) is 17.5 Å². The number of carbonyl (C=O) groups excluding carboxylic acids is 1. The van der Waals surface area contributed by atoms with Crippen molar-refractivity contribution in [3.05, 3.63) is 59.7 Å². The number of halogens is 3. The van der Waals surface area contributed by atoms with E-state index in [1.54, 1.807) is 0 Å². The largest absolute Gasteiger partial charge is 0.494 e. The molecule has 0 saturated heterocycles. The molecular weight excluding hydrogens is 335 g/mol. The molecule has 7 heteroatoms. The van der Waals surface area contributed by atoms with Crippen molar-refractivity contribution in [2.75, 3.05) is 13.2 Å². The van der Waals surface area contributed by atoms with E-state index in [2.05, 4.69) is 5.32 Å². The second-order valence-electron chi connectivity index (χ2n) is 5.13. The van der Waals surface area contributed by atoms with Crippen LogP contribution in [-0.4, -0.2) is 19.1 Å². The summed E-state index contributed by atoms with van der Waals surface area (Å²) in [7, 11) is 0. The number of nitrogens with one attached hydrogen (secondary N) is 1. The molecule has 4 nitrogen and oxygen atoms in total. The summed E-state index contributed by atoms with van der Waals surface area (Å²) in [6, 6.07) is 11.5. The summed E-state index contributed by atoms with van der Waals surface area (Å²) in [6.07, 6.45) is -4.40. The Kier molecular flexibility index (Phi) is 6.27. The molecule has 0 aliphatic carbocycles. The Morgan fingerprint density at radius 3 is 2.36 bits per heavy atom. The summed E-state index contributed by atoms with van der Waals surface area (Å²) in [5.41, 5.74) is 0.0593. The van der Waals surface area contributed by atoms with E-state index in [0.717, 1.165) is 17.7 Å². The quantitative estimate of drug-likeness (QED) is 0.824. The van der Waals surface area contributed by atoms with Crippen LogP contribution in [0.3, 0.4) is 0 Å². The number of hydrogen-bond donors (Lipinski definition) is 1. The molecule has 1 amide bonds. The third-order valence-electron chi connectivity index (χ3n) is 3.30. The molecule has 0 aromatic heterocycles. The molecule has 0 spiro atoms. The third-order valence-corrected chi connectivity index (χ3v) is 3.30. The number of para-hydroxylation sites is 1. The minimum Gasteiger partial charge on any atom is -0.494 e. The summed E-state index contributed by atoms with van der Waals surface area (Å²) in [4.78, 5) is 11.8. The zero-order valence-electron chi connectivity index (χ0n) is 13.6. The minimum atomic E-state index is -4.40. The highest BCUT2D eigenvalue weighted by Gasteiger charge is 2.30. The topological polar surface area (TPSA) is 47.6 Å². The minimum absolute atomic E-state index is 0.192. The van der Waals surface area contributed by atoms with E-state index in [1.165, 1.54) is 12.1 Å². The number of alkyl halides is 3. The smallest absolute Gasteiger partial charge is 0.416 e. The lowest BCUT2D eigenvalue weighted by Gasteiger charge is -2.12. The average Bonchev–Trinajstić information content (AvgIpc) is 2.59. The summed E-state index contributed by atoms with van der Waals surface area (Å²) in [6.45, 7) is 2.36. The summed E-state index contributed by atoms with van der Waals surface area (Å²) >= 11 is 0. The maximum Gasteiger partial charge on any atom is 0.416 e. The van der Waals surface area contributed by atoms with Gasteiger partial charge in [-0.2, -0.15) is 13.2 Å². The molecule has 134 valence electrons. The van der Waals surface area contributed by atoms with E-state index in [-0.39, 0.29) is 24.8 Å². The molecule has 0 radical (unpaired) electrons. The molecule has 1 N–H and O–H groups in total. The maximum absolute atomic E-state index is 12.5. The molecule has 25 heavy (non-hydrogen) atoms. The number of rotatable bonds is 7. The van der Waals surface area contributed by atoms with Crippen LogP contribution in [0.15, 0.2) is 48.5 Å². The van der Waals surface area contributed by atoms with Gasteiger partial charge in [0.2, 0.25) is 0 Å². The third kappa shape index (κ3) is 5.70.